The lowest BCUT2D eigenvalue weighted by Crippen LogP contribution is -2.01. The Balaban J connectivity index is 2.75. The molecule has 0 bridgehead atoms. The smallest absolute Gasteiger partial charge is 0.197 e. The summed E-state index contributed by atoms with van der Waals surface area (Å²) in [5, 5.41) is 0. The van der Waals surface area contributed by atoms with Crippen molar-refractivity contribution >= 4 is 5.69 Å². The van der Waals surface area contributed by atoms with Gasteiger partial charge in [0.05, 0.1) is 5.69 Å². The molecule has 18 heavy (non-hydrogen) atoms. The monoisotopic (exact) mass is 251 g/mol. The standard InChI is InChI=1S/C14H12F3N/c1-7-3-4-8(2)9(5-7)10-6-11(18)13(16)14(17)12(10)15/h3-6H,18H2,1-2H3. The molecule has 0 unspecified atom stereocenters. The molecule has 0 atom stereocenters. The number of hydrogen-bond donors (Lipinski definition) is 1. The largest absolute Gasteiger partial charge is 0.396 e. The van der Waals surface area contributed by atoms with E-state index in [1.807, 2.05) is 13.0 Å². The van der Waals surface area contributed by atoms with Crippen LogP contribution in [0.2, 0.25) is 0 Å². The van der Waals surface area contributed by atoms with E-state index in [0.29, 0.717) is 5.56 Å². The van der Waals surface area contributed by atoms with Gasteiger partial charge in [-0.15, -0.1) is 0 Å². The predicted octanol–water partition coefficient (Wildman–Crippen LogP) is 3.97. The minimum atomic E-state index is -1.54. The lowest BCUT2D eigenvalue weighted by Gasteiger charge is -2.11. The first-order valence-electron chi connectivity index (χ1n) is 5.42. The molecule has 0 aliphatic heterocycles. The summed E-state index contributed by atoms with van der Waals surface area (Å²) in [6.07, 6.45) is 0. The highest BCUT2D eigenvalue weighted by Gasteiger charge is 2.19. The van der Waals surface area contributed by atoms with Crippen molar-refractivity contribution in [3.8, 4) is 11.1 Å². The highest BCUT2D eigenvalue weighted by atomic mass is 19.2. The summed E-state index contributed by atoms with van der Waals surface area (Å²) in [5.41, 5.74) is 7.10. The van der Waals surface area contributed by atoms with Crippen LogP contribution in [0.5, 0.6) is 0 Å². The second-order valence-electron chi connectivity index (χ2n) is 4.27. The van der Waals surface area contributed by atoms with Crippen molar-refractivity contribution in [3.05, 3.63) is 52.8 Å². The first-order valence-corrected chi connectivity index (χ1v) is 5.42. The molecule has 0 aliphatic rings. The average Bonchev–Trinajstić information content (AvgIpc) is 2.34. The fourth-order valence-corrected chi connectivity index (χ4v) is 1.85. The van der Waals surface area contributed by atoms with Gasteiger partial charge in [-0.05, 0) is 31.0 Å². The Bertz CT molecular complexity index is 621. The molecule has 0 amide bonds. The van der Waals surface area contributed by atoms with E-state index in [1.165, 1.54) is 0 Å². The zero-order valence-corrected chi connectivity index (χ0v) is 10.0. The Morgan fingerprint density at radius 1 is 0.833 bits per heavy atom. The van der Waals surface area contributed by atoms with Crippen LogP contribution in [-0.4, -0.2) is 0 Å². The van der Waals surface area contributed by atoms with Gasteiger partial charge in [0.1, 0.15) is 0 Å². The van der Waals surface area contributed by atoms with Gasteiger partial charge < -0.3 is 5.73 Å². The zero-order chi connectivity index (χ0) is 13.4. The van der Waals surface area contributed by atoms with Crippen LogP contribution in [0.25, 0.3) is 11.1 Å². The van der Waals surface area contributed by atoms with Crippen molar-refractivity contribution < 1.29 is 13.2 Å². The topological polar surface area (TPSA) is 26.0 Å². The maximum Gasteiger partial charge on any atom is 0.197 e. The maximum atomic E-state index is 13.8. The lowest BCUT2D eigenvalue weighted by atomic mass is 9.97. The molecule has 0 saturated heterocycles. The van der Waals surface area contributed by atoms with Gasteiger partial charge >= 0.3 is 0 Å². The molecule has 2 aromatic carbocycles. The molecule has 0 aromatic heterocycles. The Labute approximate surface area is 103 Å². The summed E-state index contributed by atoms with van der Waals surface area (Å²) in [6.45, 7) is 3.61. The summed E-state index contributed by atoms with van der Waals surface area (Å²) in [5.74, 6) is -4.09. The minimum Gasteiger partial charge on any atom is -0.396 e. The molecule has 2 aromatic rings. The first kappa shape index (κ1) is 12.5. The third kappa shape index (κ3) is 1.94. The average molecular weight is 251 g/mol. The van der Waals surface area contributed by atoms with E-state index in [2.05, 4.69) is 0 Å². The van der Waals surface area contributed by atoms with Crippen molar-refractivity contribution in [1.29, 1.82) is 0 Å². The molecule has 1 nitrogen and oxygen atoms in total. The Morgan fingerprint density at radius 2 is 1.50 bits per heavy atom. The summed E-state index contributed by atoms with van der Waals surface area (Å²) in [6, 6.07) is 6.49. The van der Waals surface area contributed by atoms with Gasteiger partial charge in [-0.2, -0.15) is 0 Å². The second-order valence-corrected chi connectivity index (χ2v) is 4.27. The number of anilines is 1. The number of hydrogen-bond acceptors (Lipinski definition) is 1. The van der Waals surface area contributed by atoms with Crippen LogP contribution in [0, 0.1) is 31.3 Å². The molecular weight excluding hydrogens is 239 g/mol. The van der Waals surface area contributed by atoms with Gasteiger partial charge in [0.25, 0.3) is 0 Å². The number of benzene rings is 2. The van der Waals surface area contributed by atoms with E-state index in [-0.39, 0.29) is 5.56 Å². The van der Waals surface area contributed by atoms with Crippen molar-refractivity contribution in [1.82, 2.24) is 0 Å². The normalized spacial score (nSPS) is 10.7. The molecular formula is C14H12F3N. The van der Waals surface area contributed by atoms with Gasteiger partial charge in [-0.1, -0.05) is 23.8 Å². The van der Waals surface area contributed by atoms with Gasteiger partial charge in [-0.25, -0.2) is 13.2 Å². The molecule has 0 radical (unpaired) electrons. The SMILES string of the molecule is Cc1ccc(C)c(-c2cc(N)c(F)c(F)c2F)c1. The summed E-state index contributed by atoms with van der Waals surface area (Å²) in [7, 11) is 0. The van der Waals surface area contributed by atoms with Crippen LogP contribution in [-0.2, 0) is 0 Å². The van der Waals surface area contributed by atoms with Crippen LogP contribution in [0.1, 0.15) is 11.1 Å². The van der Waals surface area contributed by atoms with Crippen LogP contribution >= 0.6 is 0 Å². The highest BCUT2D eigenvalue weighted by Crippen LogP contribution is 2.32. The van der Waals surface area contributed by atoms with E-state index < -0.39 is 23.1 Å². The van der Waals surface area contributed by atoms with E-state index in [9.17, 15) is 13.2 Å². The van der Waals surface area contributed by atoms with Crippen LogP contribution in [0.4, 0.5) is 18.9 Å². The van der Waals surface area contributed by atoms with Crippen LogP contribution in [0.15, 0.2) is 24.3 Å². The third-order valence-corrected chi connectivity index (χ3v) is 2.86. The quantitative estimate of drug-likeness (QED) is 0.602. The Hall–Kier alpha value is -1.97. The second kappa shape index (κ2) is 4.37. The van der Waals surface area contributed by atoms with Gasteiger partial charge in [0.15, 0.2) is 17.5 Å². The number of halogens is 3. The van der Waals surface area contributed by atoms with Crippen LogP contribution in [0.3, 0.4) is 0 Å². The van der Waals surface area contributed by atoms with E-state index in [0.717, 1.165) is 17.2 Å². The molecule has 0 spiro atoms. The molecule has 0 heterocycles. The minimum absolute atomic E-state index is 0.0207. The zero-order valence-electron chi connectivity index (χ0n) is 10.0. The highest BCUT2D eigenvalue weighted by molar-refractivity contribution is 5.72. The molecule has 0 fully saturated rings. The van der Waals surface area contributed by atoms with Gasteiger partial charge in [0, 0.05) is 5.56 Å². The summed E-state index contributed by atoms with van der Waals surface area (Å²) >= 11 is 0. The van der Waals surface area contributed by atoms with E-state index in [4.69, 9.17) is 5.73 Å². The van der Waals surface area contributed by atoms with Crippen LogP contribution < -0.4 is 5.73 Å². The van der Waals surface area contributed by atoms with Crippen molar-refractivity contribution in [2.24, 2.45) is 0 Å². The molecule has 2 rings (SSSR count). The van der Waals surface area contributed by atoms with E-state index in [1.54, 1.807) is 19.1 Å². The molecule has 2 N–H and O–H groups in total. The van der Waals surface area contributed by atoms with Gasteiger partial charge in [0.2, 0.25) is 0 Å². The fraction of sp³-hybridized carbons (Fsp3) is 0.143. The predicted molar refractivity (Wildman–Crippen MR) is 65.6 cm³/mol. The fourth-order valence-electron chi connectivity index (χ4n) is 1.85. The molecule has 0 aliphatic carbocycles. The molecule has 4 heteroatoms. The van der Waals surface area contributed by atoms with Crippen molar-refractivity contribution in [3.63, 3.8) is 0 Å². The van der Waals surface area contributed by atoms with E-state index >= 15 is 0 Å². The van der Waals surface area contributed by atoms with Gasteiger partial charge in [-0.3, -0.25) is 0 Å². The lowest BCUT2D eigenvalue weighted by molar-refractivity contribution is 0.451. The van der Waals surface area contributed by atoms with Crippen molar-refractivity contribution in [2.45, 2.75) is 13.8 Å². The summed E-state index contributed by atoms with van der Waals surface area (Å²) < 4.78 is 40.2. The molecule has 94 valence electrons. The number of aryl methyl sites for hydroxylation is 2. The number of rotatable bonds is 1. The number of nitrogens with two attached hydrogens (primary N) is 1. The first-order chi connectivity index (χ1) is 8.41. The molecule has 0 saturated carbocycles. The van der Waals surface area contributed by atoms with Crippen molar-refractivity contribution in [2.75, 3.05) is 5.73 Å². The maximum absolute atomic E-state index is 13.8. The summed E-state index contributed by atoms with van der Waals surface area (Å²) in [4.78, 5) is 0. The number of nitrogen functional groups attached to an aromatic ring is 1. The third-order valence-electron chi connectivity index (χ3n) is 2.86. The Kier molecular flexibility index (Phi) is 3.03. The Morgan fingerprint density at radius 3 is 2.17 bits per heavy atom.